The molecule has 0 atom stereocenters. The molecule has 21 heavy (non-hydrogen) atoms. The van der Waals surface area contributed by atoms with Gasteiger partial charge in [0.05, 0.1) is 0 Å². The first kappa shape index (κ1) is 16.3. The van der Waals surface area contributed by atoms with Crippen LogP contribution in [0.2, 0.25) is 5.28 Å². The van der Waals surface area contributed by atoms with Crippen molar-refractivity contribution in [2.75, 3.05) is 36.0 Å². The van der Waals surface area contributed by atoms with E-state index in [1.165, 1.54) is 25.7 Å². The van der Waals surface area contributed by atoms with Gasteiger partial charge in [0.15, 0.2) is 0 Å². The summed E-state index contributed by atoms with van der Waals surface area (Å²) in [5, 5.41) is 0.296. The molecule has 0 N–H and O–H groups in total. The van der Waals surface area contributed by atoms with Crippen molar-refractivity contribution in [2.24, 2.45) is 5.92 Å². The van der Waals surface area contributed by atoms with E-state index in [2.05, 4.69) is 45.5 Å². The molecular weight excluding hydrogens is 286 g/mol. The molecule has 2 rings (SSSR count). The molecule has 1 aliphatic heterocycles. The molecule has 5 nitrogen and oxygen atoms in total. The first-order valence-electron chi connectivity index (χ1n) is 8.09. The Morgan fingerprint density at radius 1 is 1.10 bits per heavy atom. The molecule has 1 aromatic rings. The molecule has 6 heteroatoms. The summed E-state index contributed by atoms with van der Waals surface area (Å²) >= 11 is 6.12. The summed E-state index contributed by atoms with van der Waals surface area (Å²) in [7, 11) is 0. The number of halogens is 1. The smallest absolute Gasteiger partial charge is 0.231 e. The van der Waals surface area contributed by atoms with Gasteiger partial charge in [-0.05, 0) is 37.3 Å². The number of aromatic nitrogens is 3. The molecule has 1 saturated heterocycles. The van der Waals surface area contributed by atoms with Crippen molar-refractivity contribution < 1.29 is 0 Å². The highest BCUT2D eigenvalue weighted by atomic mass is 35.5. The van der Waals surface area contributed by atoms with Crippen LogP contribution < -0.4 is 9.80 Å². The standard InChI is InChI=1S/C15H26ClN5/c1-4-12(5-2)11-20(6-3)14-17-13(16)18-15(19-14)21-9-7-8-10-21/h12H,4-11H2,1-3H3. The quantitative estimate of drug-likeness (QED) is 0.772. The summed E-state index contributed by atoms with van der Waals surface area (Å²) in [5.74, 6) is 2.10. The monoisotopic (exact) mass is 311 g/mol. The van der Waals surface area contributed by atoms with Crippen molar-refractivity contribution in [2.45, 2.75) is 46.5 Å². The van der Waals surface area contributed by atoms with E-state index in [0.717, 1.165) is 32.1 Å². The lowest BCUT2D eigenvalue weighted by Crippen LogP contribution is -2.31. The van der Waals surface area contributed by atoms with Gasteiger partial charge in [-0.15, -0.1) is 0 Å². The van der Waals surface area contributed by atoms with Gasteiger partial charge < -0.3 is 9.80 Å². The van der Waals surface area contributed by atoms with E-state index in [-0.39, 0.29) is 0 Å². The van der Waals surface area contributed by atoms with Crippen molar-refractivity contribution in [1.29, 1.82) is 0 Å². The lowest BCUT2D eigenvalue weighted by Gasteiger charge is -2.26. The third kappa shape index (κ3) is 4.19. The lowest BCUT2D eigenvalue weighted by molar-refractivity contribution is 0.482. The summed E-state index contributed by atoms with van der Waals surface area (Å²) in [6.07, 6.45) is 4.74. The third-order valence-corrected chi connectivity index (χ3v) is 4.44. The molecule has 0 radical (unpaired) electrons. The first-order valence-corrected chi connectivity index (χ1v) is 8.47. The highest BCUT2D eigenvalue weighted by Gasteiger charge is 2.20. The molecule has 0 aromatic carbocycles. The molecular formula is C15H26ClN5. The normalized spacial score (nSPS) is 15.0. The number of rotatable bonds is 7. The summed E-state index contributed by atoms with van der Waals surface area (Å²) in [5.41, 5.74) is 0. The van der Waals surface area contributed by atoms with Gasteiger partial charge in [-0.25, -0.2) is 0 Å². The molecule has 1 fully saturated rings. The maximum atomic E-state index is 6.12. The summed E-state index contributed by atoms with van der Waals surface area (Å²) in [6, 6.07) is 0. The topological polar surface area (TPSA) is 45.2 Å². The molecule has 1 aliphatic rings. The van der Waals surface area contributed by atoms with Crippen molar-refractivity contribution in [3.8, 4) is 0 Å². The maximum Gasteiger partial charge on any atom is 0.231 e. The highest BCUT2D eigenvalue weighted by Crippen LogP contribution is 2.21. The van der Waals surface area contributed by atoms with Crippen LogP contribution in [0.5, 0.6) is 0 Å². The zero-order valence-corrected chi connectivity index (χ0v) is 14.1. The maximum absolute atomic E-state index is 6.12. The molecule has 2 heterocycles. The second kappa shape index (κ2) is 7.78. The Morgan fingerprint density at radius 2 is 1.76 bits per heavy atom. The van der Waals surface area contributed by atoms with Crippen molar-refractivity contribution in [1.82, 2.24) is 15.0 Å². The van der Waals surface area contributed by atoms with Crippen LogP contribution in [-0.4, -0.2) is 41.1 Å². The second-order valence-corrected chi connectivity index (χ2v) is 5.96. The minimum absolute atomic E-state index is 0.296. The largest absolute Gasteiger partial charge is 0.341 e. The summed E-state index contributed by atoms with van der Waals surface area (Å²) in [6.45, 7) is 10.5. The van der Waals surface area contributed by atoms with Crippen molar-refractivity contribution >= 4 is 23.5 Å². The van der Waals surface area contributed by atoms with Gasteiger partial charge in [0, 0.05) is 26.2 Å². The zero-order chi connectivity index (χ0) is 15.2. The Morgan fingerprint density at radius 3 is 2.33 bits per heavy atom. The molecule has 0 aliphatic carbocycles. The number of hydrogen-bond donors (Lipinski definition) is 0. The zero-order valence-electron chi connectivity index (χ0n) is 13.3. The van der Waals surface area contributed by atoms with Crippen molar-refractivity contribution in [3.63, 3.8) is 0 Å². The predicted molar refractivity (Wildman–Crippen MR) is 88.2 cm³/mol. The summed E-state index contributed by atoms with van der Waals surface area (Å²) in [4.78, 5) is 17.7. The number of nitrogens with zero attached hydrogens (tertiary/aromatic N) is 5. The lowest BCUT2D eigenvalue weighted by atomic mass is 10.0. The van der Waals surface area contributed by atoms with Crippen LogP contribution in [0.15, 0.2) is 0 Å². The van der Waals surface area contributed by atoms with Crippen LogP contribution in [0.1, 0.15) is 46.5 Å². The van der Waals surface area contributed by atoms with Crippen LogP contribution in [0.3, 0.4) is 0 Å². The molecule has 0 unspecified atom stereocenters. The van der Waals surface area contributed by atoms with Crippen LogP contribution >= 0.6 is 11.6 Å². The molecule has 1 aromatic heterocycles. The minimum atomic E-state index is 0.296. The number of anilines is 2. The Balaban J connectivity index is 2.19. The van der Waals surface area contributed by atoms with Gasteiger partial charge in [-0.1, -0.05) is 26.7 Å². The molecule has 0 amide bonds. The highest BCUT2D eigenvalue weighted by molar-refractivity contribution is 6.28. The van der Waals surface area contributed by atoms with Crippen LogP contribution in [0.4, 0.5) is 11.9 Å². The van der Waals surface area contributed by atoms with Crippen LogP contribution in [-0.2, 0) is 0 Å². The fourth-order valence-corrected chi connectivity index (χ4v) is 2.89. The van der Waals surface area contributed by atoms with Gasteiger partial charge in [0.2, 0.25) is 17.2 Å². The average Bonchev–Trinajstić information content (AvgIpc) is 3.02. The molecule has 0 bridgehead atoms. The predicted octanol–water partition coefficient (Wildman–Crippen LogP) is 3.39. The van der Waals surface area contributed by atoms with Crippen LogP contribution in [0, 0.1) is 5.92 Å². The van der Waals surface area contributed by atoms with Gasteiger partial charge in [0.1, 0.15) is 0 Å². The Hall–Kier alpha value is -1.10. The second-order valence-electron chi connectivity index (χ2n) is 5.62. The van der Waals surface area contributed by atoms with Crippen molar-refractivity contribution in [3.05, 3.63) is 5.28 Å². The Kier molecular flexibility index (Phi) is 6.03. The van der Waals surface area contributed by atoms with E-state index >= 15 is 0 Å². The van der Waals surface area contributed by atoms with E-state index in [1.807, 2.05) is 0 Å². The average molecular weight is 312 g/mol. The van der Waals surface area contributed by atoms with E-state index in [4.69, 9.17) is 11.6 Å². The molecule has 0 saturated carbocycles. The van der Waals surface area contributed by atoms with Crippen LogP contribution in [0.25, 0.3) is 0 Å². The first-order chi connectivity index (χ1) is 10.2. The molecule has 118 valence electrons. The minimum Gasteiger partial charge on any atom is -0.341 e. The van der Waals surface area contributed by atoms with Gasteiger partial charge in [-0.2, -0.15) is 15.0 Å². The van der Waals surface area contributed by atoms with E-state index in [0.29, 0.717) is 17.1 Å². The summed E-state index contributed by atoms with van der Waals surface area (Å²) < 4.78 is 0. The Labute approximate surface area is 132 Å². The van der Waals surface area contributed by atoms with E-state index in [9.17, 15) is 0 Å². The fraction of sp³-hybridized carbons (Fsp3) is 0.800. The Bertz CT molecular complexity index is 444. The van der Waals surface area contributed by atoms with Gasteiger partial charge in [0.25, 0.3) is 0 Å². The van der Waals surface area contributed by atoms with E-state index < -0.39 is 0 Å². The van der Waals surface area contributed by atoms with Gasteiger partial charge >= 0.3 is 0 Å². The molecule has 0 spiro atoms. The fourth-order valence-electron chi connectivity index (χ4n) is 2.74. The van der Waals surface area contributed by atoms with E-state index in [1.54, 1.807) is 0 Å². The third-order valence-electron chi connectivity index (χ3n) is 4.27. The number of hydrogen-bond acceptors (Lipinski definition) is 5. The SMILES string of the molecule is CCC(CC)CN(CC)c1nc(Cl)nc(N2CCCC2)n1. The van der Waals surface area contributed by atoms with Gasteiger partial charge in [-0.3, -0.25) is 0 Å².